The van der Waals surface area contributed by atoms with Gasteiger partial charge in [-0.3, -0.25) is 0 Å². The highest BCUT2D eigenvalue weighted by Crippen LogP contribution is 2.15. The molecular formula is C11H16ClNO3S. The second-order valence-corrected chi connectivity index (χ2v) is 5.55. The molecule has 1 aromatic carbocycles. The number of nitrogens with one attached hydrogen (secondary N) is 1. The van der Waals surface area contributed by atoms with Crippen molar-refractivity contribution in [1.82, 2.24) is 4.72 Å². The van der Waals surface area contributed by atoms with Gasteiger partial charge in [0.15, 0.2) is 0 Å². The van der Waals surface area contributed by atoms with Gasteiger partial charge in [-0.2, -0.15) is 0 Å². The SMILES string of the molecule is CCCOc1ccc(S(=O)(=O)NCCCl)cc1. The zero-order valence-electron chi connectivity index (χ0n) is 9.65. The van der Waals surface area contributed by atoms with E-state index in [0.717, 1.165) is 6.42 Å². The van der Waals surface area contributed by atoms with E-state index in [0.29, 0.717) is 12.4 Å². The lowest BCUT2D eigenvalue weighted by Gasteiger charge is -2.07. The molecule has 96 valence electrons. The quantitative estimate of drug-likeness (QED) is 0.776. The average molecular weight is 278 g/mol. The number of rotatable bonds is 7. The minimum absolute atomic E-state index is 0.214. The van der Waals surface area contributed by atoms with Gasteiger partial charge >= 0.3 is 0 Å². The molecule has 0 amide bonds. The van der Waals surface area contributed by atoms with E-state index >= 15 is 0 Å². The molecule has 1 N–H and O–H groups in total. The van der Waals surface area contributed by atoms with Gasteiger partial charge in [0.2, 0.25) is 10.0 Å². The van der Waals surface area contributed by atoms with Crippen LogP contribution in [0.1, 0.15) is 13.3 Å². The maximum Gasteiger partial charge on any atom is 0.240 e. The summed E-state index contributed by atoms with van der Waals surface area (Å²) in [5, 5.41) is 0. The van der Waals surface area contributed by atoms with E-state index in [-0.39, 0.29) is 17.3 Å². The highest BCUT2D eigenvalue weighted by molar-refractivity contribution is 7.89. The lowest BCUT2D eigenvalue weighted by Crippen LogP contribution is -2.25. The highest BCUT2D eigenvalue weighted by Gasteiger charge is 2.12. The summed E-state index contributed by atoms with van der Waals surface area (Å²) in [6, 6.07) is 6.32. The van der Waals surface area contributed by atoms with Crippen LogP contribution in [0.25, 0.3) is 0 Å². The number of alkyl halides is 1. The van der Waals surface area contributed by atoms with Crippen LogP contribution in [0.5, 0.6) is 5.75 Å². The highest BCUT2D eigenvalue weighted by atomic mass is 35.5. The molecule has 0 heterocycles. The number of sulfonamides is 1. The summed E-state index contributed by atoms with van der Waals surface area (Å²) < 4.78 is 31.2. The first-order valence-electron chi connectivity index (χ1n) is 5.38. The number of benzene rings is 1. The first-order valence-corrected chi connectivity index (χ1v) is 7.40. The second-order valence-electron chi connectivity index (χ2n) is 3.41. The number of ether oxygens (including phenoxy) is 1. The Bertz CT molecular complexity index is 431. The molecule has 6 heteroatoms. The zero-order chi connectivity index (χ0) is 12.7. The van der Waals surface area contributed by atoms with E-state index in [1.165, 1.54) is 12.1 Å². The lowest BCUT2D eigenvalue weighted by molar-refractivity contribution is 0.317. The third-order valence-electron chi connectivity index (χ3n) is 1.99. The van der Waals surface area contributed by atoms with Crippen molar-refractivity contribution in [2.45, 2.75) is 18.2 Å². The van der Waals surface area contributed by atoms with E-state index in [9.17, 15) is 8.42 Å². The molecule has 0 aromatic heterocycles. The molecule has 0 fully saturated rings. The Hall–Kier alpha value is -0.780. The molecule has 0 atom stereocenters. The molecule has 0 aliphatic rings. The van der Waals surface area contributed by atoms with Crippen LogP contribution in [0.2, 0.25) is 0 Å². The van der Waals surface area contributed by atoms with Crippen molar-refractivity contribution in [3.63, 3.8) is 0 Å². The van der Waals surface area contributed by atoms with Crippen LogP contribution in [0, 0.1) is 0 Å². The topological polar surface area (TPSA) is 55.4 Å². The third-order valence-corrected chi connectivity index (χ3v) is 3.66. The Balaban J connectivity index is 2.73. The first kappa shape index (κ1) is 14.3. The van der Waals surface area contributed by atoms with Crippen LogP contribution in [-0.2, 0) is 10.0 Å². The van der Waals surface area contributed by atoms with Crippen molar-refractivity contribution in [1.29, 1.82) is 0 Å². The number of halogens is 1. The molecular weight excluding hydrogens is 262 g/mol. The van der Waals surface area contributed by atoms with Crippen molar-refractivity contribution in [2.75, 3.05) is 19.0 Å². The molecule has 0 unspecified atom stereocenters. The van der Waals surface area contributed by atoms with Crippen molar-refractivity contribution in [3.8, 4) is 5.75 Å². The summed E-state index contributed by atoms with van der Waals surface area (Å²) in [6.45, 7) is 2.85. The molecule has 4 nitrogen and oxygen atoms in total. The van der Waals surface area contributed by atoms with Crippen LogP contribution in [0.3, 0.4) is 0 Å². The van der Waals surface area contributed by atoms with Gasteiger partial charge in [-0.25, -0.2) is 13.1 Å². The molecule has 0 saturated heterocycles. The Morgan fingerprint density at radius 1 is 1.29 bits per heavy atom. The van der Waals surface area contributed by atoms with Gasteiger partial charge in [-0.15, -0.1) is 11.6 Å². The molecule has 0 saturated carbocycles. The zero-order valence-corrected chi connectivity index (χ0v) is 11.2. The van der Waals surface area contributed by atoms with Crippen LogP contribution >= 0.6 is 11.6 Å². The monoisotopic (exact) mass is 277 g/mol. The normalized spacial score (nSPS) is 11.4. The van der Waals surface area contributed by atoms with Gasteiger partial charge in [0, 0.05) is 12.4 Å². The molecule has 0 aliphatic heterocycles. The molecule has 0 bridgehead atoms. The van der Waals surface area contributed by atoms with Crippen molar-refractivity contribution in [3.05, 3.63) is 24.3 Å². The predicted molar refractivity (Wildman–Crippen MR) is 68.1 cm³/mol. The van der Waals surface area contributed by atoms with Crippen molar-refractivity contribution in [2.24, 2.45) is 0 Å². The lowest BCUT2D eigenvalue weighted by atomic mass is 10.3. The van der Waals surface area contributed by atoms with Gasteiger partial charge in [0.05, 0.1) is 11.5 Å². The summed E-state index contributed by atoms with van der Waals surface area (Å²) >= 11 is 5.43. The summed E-state index contributed by atoms with van der Waals surface area (Å²) in [4.78, 5) is 0.214. The van der Waals surface area contributed by atoms with E-state index in [2.05, 4.69) is 4.72 Å². The Morgan fingerprint density at radius 2 is 1.94 bits per heavy atom. The Morgan fingerprint density at radius 3 is 2.47 bits per heavy atom. The smallest absolute Gasteiger partial charge is 0.240 e. The van der Waals surface area contributed by atoms with Gasteiger partial charge in [0.1, 0.15) is 5.75 Å². The van der Waals surface area contributed by atoms with Gasteiger partial charge in [-0.1, -0.05) is 6.92 Å². The molecule has 0 spiro atoms. The van der Waals surface area contributed by atoms with E-state index in [4.69, 9.17) is 16.3 Å². The fraction of sp³-hybridized carbons (Fsp3) is 0.455. The average Bonchev–Trinajstić information content (AvgIpc) is 2.34. The van der Waals surface area contributed by atoms with Crippen molar-refractivity contribution >= 4 is 21.6 Å². The second kappa shape index (κ2) is 6.83. The summed E-state index contributed by atoms with van der Waals surface area (Å²) in [7, 11) is -3.45. The first-order chi connectivity index (χ1) is 8.10. The van der Waals surface area contributed by atoms with Crippen LogP contribution < -0.4 is 9.46 Å². The molecule has 17 heavy (non-hydrogen) atoms. The molecule has 1 rings (SSSR count). The van der Waals surface area contributed by atoms with Gasteiger partial charge < -0.3 is 4.74 Å². The molecule has 0 aliphatic carbocycles. The number of hydrogen-bond donors (Lipinski definition) is 1. The molecule has 0 radical (unpaired) electrons. The Labute approximate surface area is 107 Å². The number of hydrogen-bond acceptors (Lipinski definition) is 3. The Kier molecular flexibility index (Phi) is 5.74. The minimum Gasteiger partial charge on any atom is -0.494 e. The largest absolute Gasteiger partial charge is 0.494 e. The minimum atomic E-state index is -3.45. The third kappa shape index (κ3) is 4.53. The van der Waals surface area contributed by atoms with Crippen molar-refractivity contribution < 1.29 is 13.2 Å². The van der Waals surface area contributed by atoms with Crippen LogP contribution in [-0.4, -0.2) is 27.4 Å². The van der Waals surface area contributed by atoms with E-state index in [1.807, 2.05) is 6.92 Å². The molecule has 1 aromatic rings. The standard InChI is InChI=1S/C11H16ClNO3S/c1-2-9-16-10-3-5-11(6-4-10)17(14,15)13-8-7-12/h3-6,13H,2,7-9H2,1H3. The summed E-state index contributed by atoms with van der Waals surface area (Å²) in [5.41, 5.74) is 0. The fourth-order valence-electron chi connectivity index (χ4n) is 1.19. The summed E-state index contributed by atoms with van der Waals surface area (Å²) in [5.74, 6) is 0.917. The van der Waals surface area contributed by atoms with Gasteiger partial charge in [0.25, 0.3) is 0 Å². The maximum absolute atomic E-state index is 11.7. The van der Waals surface area contributed by atoms with E-state index in [1.54, 1.807) is 12.1 Å². The maximum atomic E-state index is 11.7. The van der Waals surface area contributed by atoms with Gasteiger partial charge in [-0.05, 0) is 30.7 Å². The predicted octanol–water partition coefficient (Wildman–Crippen LogP) is 1.99. The van der Waals surface area contributed by atoms with Crippen LogP contribution in [0.4, 0.5) is 0 Å². The summed E-state index contributed by atoms with van der Waals surface area (Å²) in [6.07, 6.45) is 0.914. The van der Waals surface area contributed by atoms with E-state index < -0.39 is 10.0 Å². The van der Waals surface area contributed by atoms with Crippen LogP contribution in [0.15, 0.2) is 29.2 Å². The fourth-order valence-corrected chi connectivity index (χ4v) is 2.43.